The van der Waals surface area contributed by atoms with E-state index in [1.54, 1.807) is 11.9 Å². The minimum Gasteiger partial charge on any atom is -0.484 e. The number of fused-ring (bicyclic) bond motifs is 1. The van der Waals surface area contributed by atoms with Crippen molar-refractivity contribution in [1.82, 2.24) is 9.80 Å². The van der Waals surface area contributed by atoms with Crippen molar-refractivity contribution in [1.29, 1.82) is 0 Å². The molecule has 1 heterocycles. The van der Waals surface area contributed by atoms with E-state index in [4.69, 9.17) is 4.74 Å². The molecule has 2 aromatic rings. The summed E-state index contributed by atoms with van der Waals surface area (Å²) in [5, 5.41) is 10.5. The molecule has 3 rings (SSSR count). The highest BCUT2D eigenvalue weighted by molar-refractivity contribution is 5.77. The summed E-state index contributed by atoms with van der Waals surface area (Å²) in [5.41, 5.74) is 4.04. The van der Waals surface area contributed by atoms with Crippen LogP contribution in [0.3, 0.4) is 0 Å². The van der Waals surface area contributed by atoms with Crippen LogP contribution in [-0.2, 0) is 24.1 Å². The van der Waals surface area contributed by atoms with Gasteiger partial charge in [0.25, 0.3) is 5.91 Å². The van der Waals surface area contributed by atoms with Crippen LogP contribution < -0.4 is 4.74 Å². The van der Waals surface area contributed by atoms with Crippen molar-refractivity contribution in [2.45, 2.75) is 32.3 Å². The van der Waals surface area contributed by atoms with Gasteiger partial charge in [-0.05, 0) is 48.1 Å². The van der Waals surface area contributed by atoms with Gasteiger partial charge in [-0.25, -0.2) is 0 Å². The predicted octanol–water partition coefficient (Wildman–Crippen LogP) is 2.55. The Balaban J connectivity index is 1.41. The van der Waals surface area contributed by atoms with Crippen LogP contribution in [0.25, 0.3) is 0 Å². The first-order chi connectivity index (χ1) is 14.0. The highest BCUT2D eigenvalue weighted by Crippen LogP contribution is 2.16. The van der Waals surface area contributed by atoms with Gasteiger partial charge in [-0.15, -0.1) is 0 Å². The van der Waals surface area contributed by atoms with Crippen LogP contribution in [0, 0.1) is 0 Å². The Bertz CT molecular complexity index is 764. The molecule has 0 aliphatic carbocycles. The zero-order valence-electron chi connectivity index (χ0n) is 17.5. The number of β-amino-alcohol motifs (C(OH)–C–C–N with tert-alkyl or cyclic N) is 1. The number of hydrogen-bond donors (Lipinski definition) is 1. The van der Waals surface area contributed by atoms with E-state index in [1.807, 2.05) is 24.3 Å². The molecule has 1 N–H and O–H groups in total. The van der Waals surface area contributed by atoms with E-state index in [1.165, 1.54) is 16.7 Å². The van der Waals surface area contributed by atoms with Crippen molar-refractivity contribution in [3.63, 3.8) is 0 Å². The predicted molar refractivity (Wildman–Crippen MR) is 115 cm³/mol. The lowest BCUT2D eigenvalue weighted by Gasteiger charge is -2.26. The molecular weight excluding hydrogens is 364 g/mol. The molecule has 156 valence electrons. The second kappa shape index (κ2) is 10.4. The molecule has 1 amide bonds. The van der Waals surface area contributed by atoms with Gasteiger partial charge in [0.05, 0.1) is 6.10 Å². The Kier molecular flexibility index (Phi) is 7.67. The number of carbonyl (C=O) groups excluding carboxylic acids is 1. The smallest absolute Gasteiger partial charge is 0.260 e. The number of amides is 1. The van der Waals surface area contributed by atoms with Crippen molar-refractivity contribution in [3.8, 4) is 5.75 Å². The largest absolute Gasteiger partial charge is 0.484 e. The van der Waals surface area contributed by atoms with Gasteiger partial charge in [-0.1, -0.05) is 43.3 Å². The Labute approximate surface area is 173 Å². The maximum Gasteiger partial charge on any atom is 0.260 e. The van der Waals surface area contributed by atoms with Crippen molar-refractivity contribution >= 4 is 5.91 Å². The maximum absolute atomic E-state index is 12.3. The average molecular weight is 397 g/mol. The van der Waals surface area contributed by atoms with Gasteiger partial charge in [0.2, 0.25) is 0 Å². The lowest BCUT2D eigenvalue weighted by atomic mass is 10.0. The quantitative estimate of drug-likeness (QED) is 0.745. The standard InChI is InChI=1S/C24H32N2O3/c1-3-19-8-10-23(11-9-19)29-18-24(28)25(2)16-22(27)17-26-14-12-20-6-4-5-7-21(20)13-15-26/h4-11,22,27H,3,12-18H2,1-2H3/t22-/m1/s1. The average Bonchev–Trinajstić information content (AvgIpc) is 2.94. The molecule has 5 heteroatoms. The molecule has 0 unspecified atom stereocenters. The lowest BCUT2D eigenvalue weighted by Crippen LogP contribution is -2.43. The summed E-state index contributed by atoms with van der Waals surface area (Å²) in [6.07, 6.45) is 2.40. The number of ether oxygens (including phenoxy) is 1. The third kappa shape index (κ3) is 6.31. The maximum atomic E-state index is 12.3. The van der Waals surface area contributed by atoms with Crippen LogP contribution in [-0.4, -0.2) is 66.8 Å². The Morgan fingerprint density at radius 2 is 1.72 bits per heavy atom. The fourth-order valence-corrected chi connectivity index (χ4v) is 3.75. The lowest BCUT2D eigenvalue weighted by molar-refractivity contribution is -0.133. The van der Waals surface area contributed by atoms with Crippen molar-refractivity contribution in [2.75, 3.05) is 39.8 Å². The van der Waals surface area contributed by atoms with Crippen LogP contribution in [0.2, 0.25) is 0 Å². The monoisotopic (exact) mass is 396 g/mol. The third-order valence-electron chi connectivity index (χ3n) is 5.59. The van der Waals surface area contributed by atoms with Crippen molar-refractivity contribution < 1.29 is 14.6 Å². The number of aryl methyl sites for hydroxylation is 1. The van der Waals surface area contributed by atoms with Crippen LogP contribution in [0.15, 0.2) is 48.5 Å². The molecule has 1 aliphatic rings. The SMILES string of the molecule is CCc1ccc(OCC(=O)N(C)C[C@@H](O)CN2CCc3ccccc3CC2)cc1. The van der Waals surface area contributed by atoms with Crippen LogP contribution in [0.4, 0.5) is 0 Å². The normalized spacial score (nSPS) is 15.3. The summed E-state index contributed by atoms with van der Waals surface area (Å²) in [6, 6.07) is 16.3. The number of nitrogens with zero attached hydrogens (tertiary/aromatic N) is 2. The fourth-order valence-electron chi connectivity index (χ4n) is 3.75. The van der Waals surface area contributed by atoms with Gasteiger partial charge in [0, 0.05) is 33.2 Å². The van der Waals surface area contributed by atoms with E-state index >= 15 is 0 Å². The number of aliphatic hydroxyl groups is 1. The highest BCUT2D eigenvalue weighted by atomic mass is 16.5. The summed E-state index contributed by atoms with van der Waals surface area (Å²) >= 11 is 0. The van der Waals surface area contributed by atoms with Gasteiger partial charge >= 0.3 is 0 Å². The molecule has 0 radical (unpaired) electrons. The highest BCUT2D eigenvalue weighted by Gasteiger charge is 2.19. The number of hydrogen-bond acceptors (Lipinski definition) is 4. The molecule has 0 saturated carbocycles. The number of carbonyl (C=O) groups is 1. The van der Waals surface area contributed by atoms with E-state index in [-0.39, 0.29) is 12.5 Å². The summed E-state index contributed by atoms with van der Waals surface area (Å²) in [7, 11) is 1.72. The molecule has 2 aromatic carbocycles. The van der Waals surface area contributed by atoms with Gasteiger partial charge in [0.15, 0.2) is 6.61 Å². The first-order valence-electron chi connectivity index (χ1n) is 10.5. The summed E-state index contributed by atoms with van der Waals surface area (Å²) in [5.74, 6) is 0.556. The molecule has 0 spiro atoms. The summed E-state index contributed by atoms with van der Waals surface area (Å²) < 4.78 is 5.59. The Morgan fingerprint density at radius 3 is 2.31 bits per heavy atom. The van der Waals surface area contributed by atoms with E-state index in [2.05, 4.69) is 36.1 Å². The van der Waals surface area contributed by atoms with E-state index in [0.29, 0.717) is 18.8 Å². The van der Waals surface area contributed by atoms with Gasteiger partial charge in [-0.3, -0.25) is 4.79 Å². The van der Waals surface area contributed by atoms with E-state index in [9.17, 15) is 9.90 Å². The third-order valence-corrected chi connectivity index (χ3v) is 5.59. The first kappa shape index (κ1) is 21.3. The minimum atomic E-state index is -0.575. The first-order valence-corrected chi connectivity index (χ1v) is 10.5. The second-order valence-electron chi connectivity index (χ2n) is 7.78. The van der Waals surface area contributed by atoms with Crippen molar-refractivity contribution in [2.24, 2.45) is 0 Å². The van der Waals surface area contributed by atoms with Gasteiger partial charge in [-0.2, -0.15) is 0 Å². The Morgan fingerprint density at radius 1 is 1.10 bits per heavy atom. The van der Waals surface area contributed by atoms with Crippen LogP contribution in [0.1, 0.15) is 23.6 Å². The number of likely N-dealkylation sites (N-methyl/N-ethyl adjacent to an activating group) is 1. The number of aliphatic hydroxyl groups excluding tert-OH is 1. The molecule has 0 saturated heterocycles. The molecule has 5 nitrogen and oxygen atoms in total. The zero-order valence-corrected chi connectivity index (χ0v) is 17.5. The minimum absolute atomic E-state index is 0.0201. The summed E-state index contributed by atoms with van der Waals surface area (Å²) in [6.45, 7) is 4.83. The number of rotatable bonds is 8. The molecule has 0 fully saturated rings. The fraction of sp³-hybridized carbons (Fsp3) is 0.458. The molecule has 1 aliphatic heterocycles. The van der Waals surface area contributed by atoms with E-state index in [0.717, 1.165) is 32.4 Å². The summed E-state index contributed by atoms with van der Waals surface area (Å²) in [4.78, 5) is 16.2. The van der Waals surface area contributed by atoms with Gasteiger partial charge < -0.3 is 19.6 Å². The molecule has 1 atom stereocenters. The van der Waals surface area contributed by atoms with Crippen LogP contribution >= 0.6 is 0 Å². The molecule has 29 heavy (non-hydrogen) atoms. The van der Waals surface area contributed by atoms with Crippen molar-refractivity contribution in [3.05, 3.63) is 65.2 Å². The van der Waals surface area contributed by atoms with E-state index < -0.39 is 6.10 Å². The topological polar surface area (TPSA) is 53.0 Å². The molecular formula is C24H32N2O3. The Hall–Kier alpha value is -2.37. The van der Waals surface area contributed by atoms with Crippen LogP contribution in [0.5, 0.6) is 5.75 Å². The number of benzene rings is 2. The molecule has 0 aromatic heterocycles. The van der Waals surface area contributed by atoms with Gasteiger partial charge in [0.1, 0.15) is 5.75 Å². The zero-order chi connectivity index (χ0) is 20.6. The molecule has 0 bridgehead atoms. The second-order valence-corrected chi connectivity index (χ2v) is 7.78.